The van der Waals surface area contributed by atoms with Crippen LogP contribution in [-0.4, -0.2) is 38.8 Å². The van der Waals surface area contributed by atoms with Gasteiger partial charge in [-0.15, -0.1) is 5.10 Å². The van der Waals surface area contributed by atoms with Gasteiger partial charge in [0.1, 0.15) is 6.33 Å². The topological polar surface area (TPSA) is 60.2 Å². The lowest BCUT2D eigenvalue weighted by Gasteiger charge is -2.23. The van der Waals surface area contributed by atoms with E-state index in [0.717, 1.165) is 18.9 Å². The number of hydrogen-bond acceptors (Lipinski definition) is 5. The third-order valence-corrected chi connectivity index (χ3v) is 3.99. The molecule has 1 saturated carbocycles. The predicted molar refractivity (Wildman–Crippen MR) is 81.4 cm³/mol. The Balaban J connectivity index is 1.77. The summed E-state index contributed by atoms with van der Waals surface area (Å²) in [5.41, 5.74) is -0.412. The molecule has 1 aliphatic carbocycles. The van der Waals surface area contributed by atoms with Gasteiger partial charge in [-0.1, -0.05) is 18.2 Å². The van der Waals surface area contributed by atoms with E-state index in [0.29, 0.717) is 0 Å². The normalized spacial score (nSPS) is 14.8. The molecule has 1 heterocycles. The Bertz CT molecular complexity index is 756. The Morgan fingerprint density at radius 2 is 2.08 bits per heavy atom. The molecule has 0 unspecified atom stereocenters. The van der Waals surface area contributed by atoms with E-state index in [1.165, 1.54) is 30.3 Å². The Labute approximate surface area is 142 Å². The molecule has 0 amide bonds. The SMILES string of the molecule is COC(=O)c1ncn(CN(Cc2ccccc2C(F)(F)F)C2CC2)n1. The van der Waals surface area contributed by atoms with Gasteiger partial charge >= 0.3 is 12.1 Å². The summed E-state index contributed by atoms with van der Waals surface area (Å²) in [5.74, 6) is -0.729. The van der Waals surface area contributed by atoms with E-state index in [-0.39, 0.29) is 30.6 Å². The van der Waals surface area contributed by atoms with Crippen LogP contribution in [0, 0.1) is 0 Å². The quantitative estimate of drug-likeness (QED) is 0.747. The van der Waals surface area contributed by atoms with Gasteiger partial charge in [0.2, 0.25) is 0 Å². The van der Waals surface area contributed by atoms with Gasteiger partial charge in [-0.25, -0.2) is 14.5 Å². The van der Waals surface area contributed by atoms with Gasteiger partial charge in [-0.2, -0.15) is 13.2 Å². The number of benzene rings is 1. The molecule has 25 heavy (non-hydrogen) atoms. The number of aromatic nitrogens is 3. The smallest absolute Gasteiger partial charge is 0.416 e. The standard InChI is InChI=1S/C16H17F3N4O2/c1-25-15(24)14-20-9-23(21-14)10-22(12-6-7-12)8-11-4-2-3-5-13(11)16(17,18)19/h2-5,9,12H,6-8,10H2,1H3. The number of nitrogens with zero attached hydrogens (tertiary/aromatic N) is 4. The molecule has 0 saturated heterocycles. The highest BCUT2D eigenvalue weighted by Crippen LogP contribution is 2.34. The van der Waals surface area contributed by atoms with Crippen LogP contribution in [0.25, 0.3) is 0 Å². The van der Waals surface area contributed by atoms with Crippen LogP contribution in [-0.2, 0) is 24.1 Å². The fourth-order valence-corrected chi connectivity index (χ4v) is 2.62. The number of ether oxygens (including phenoxy) is 1. The number of rotatable bonds is 6. The molecule has 0 atom stereocenters. The Morgan fingerprint density at radius 1 is 1.36 bits per heavy atom. The number of esters is 1. The van der Waals surface area contributed by atoms with Crippen molar-refractivity contribution in [2.24, 2.45) is 0 Å². The average molecular weight is 354 g/mol. The zero-order valence-electron chi connectivity index (χ0n) is 13.5. The lowest BCUT2D eigenvalue weighted by molar-refractivity contribution is -0.138. The van der Waals surface area contributed by atoms with Gasteiger partial charge in [0.05, 0.1) is 19.3 Å². The summed E-state index contributed by atoms with van der Waals surface area (Å²) in [6.07, 6.45) is -1.17. The van der Waals surface area contributed by atoms with E-state index in [1.54, 1.807) is 6.07 Å². The van der Waals surface area contributed by atoms with E-state index in [9.17, 15) is 18.0 Å². The first-order valence-corrected chi connectivity index (χ1v) is 7.75. The summed E-state index contributed by atoms with van der Waals surface area (Å²) >= 11 is 0. The van der Waals surface area contributed by atoms with Crippen molar-refractivity contribution in [3.63, 3.8) is 0 Å². The van der Waals surface area contributed by atoms with Crippen molar-refractivity contribution in [3.8, 4) is 0 Å². The van der Waals surface area contributed by atoms with Gasteiger partial charge in [-0.05, 0) is 24.5 Å². The monoisotopic (exact) mass is 354 g/mol. The zero-order valence-corrected chi connectivity index (χ0v) is 13.5. The molecule has 1 aromatic heterocycles. The van der Waals surface area contributed by atoms with Crippen molar-refractivity contribution in [3.05, 3.63) is 47.5 Å². The number of alkyl halides is 3. The van der Waals surface area contributed by atoms with Crippen molar-refractivity contribution < 1.29 is 22.7 Å². The van der Waals surface area contributed by atoms with Gasteiger partial charge in [-0.3, -0.25) is 4.90 Å². The molecule has 1 aliphatic rings. The summed E-state index contributed by atoms with van der Waals surface area (Å²) in [6.45, 7) is 0.397. The van der Waals surface area contributed by atoms with Crippen LogP contribution in [0.15, 0.2) is 30.6 Å². The van der Waals surface area contributed by atoms with E-state index in [2.05, 4.69) is 14.8 Å². The fourth-order valence-electron chi connectivity index (χ4n) is 2.62. The van der Waals surface area contributed by atoms with Crippen LogP contribution in [0.5, 0.6) is 0 Å². The van der Waals surface area contributed by atoms with Gasteiger partial charge in [0, 0.05) is 12.6 Å². The van der Waals surface area contributed by atoms with Gasteiger partial charge < -0.3 is 4.74 Å². The lowest BCUT2D eigenvalue weighted by atomic mass is 10.1. The van der Waals surface area contributed by atoms with Gasteiger partial charge in [0.15, 0.2) is 0 Å². The number of carbonyl (C=O) groups is 1. The number of carbonyl (C=O) groups excluding carboxylic acids is 1. The second-order valence-corrected chi connectivity index (χ2v) is 5.87. The molecular weight excluding hydrogens is 337 g/mol. The van der Waals surface area contributed by atoms with Crippen LogP contribution < -0.4 is 0 Å². The Morgan fingerprint density at radius 3 is 2.72 bits per heavy atom. The minimum absolute atomic E-state index is 0.0751. The fraction of sp³-hybridized carbons (Fsp3) is 0.438. The maximum absolute atomic E-state index is 13.2. The molecule has 2 aromatic rings. The van der Waals surface area contributed by atoms with Crippen molar-refractivity contribution >= 4 is 5.97 Å². The first-order chi connectivity index (χ1) is 11.9. The third-order valence-electron chi connectivity index (χ3n) is 3.99. The molecule has 134 valence electrons. The lowest BCUT2D eigenvalue weighted by Crippen LogP contribution is -2.29. The molecule has 6 nitrogen and oxygen atoms in total. The molecule has 0 bridgehead atoms. The van der Waals surface area contributed by atoms with Crippen LogP contribution in [0.2, 0.25) is 0 Å². The highest BCUT2D eigenvalue weighted by atomic mass is 19.4. The highest BCUT2D eigenvalue weighted by Gasteiger charge is 2.35. The summed E-state index contributed by atoms with van der Waals surface area (Å²) < 4.78 is 45.5. The second kappa shape index (κ2) is 6.83. The summed E-state index contributed by atoms with van der Waals surface area (Å²) in [6, 6.07) is 5.76. The molecular formula is C16H17F3N4O2. The summed E-state index contributed by atoms with van der Waals surface area (Å²) in [4.78, 5) is 17.2. The van der Waals surface area contributed by atoms with Crippen molar-refractivity contribution in [1.29, 1.82) is 0 Å². The molecule has 0 spiro atoms. The average Bonchev–Trinajstić information content (AvgIpc) is 3.32. The molecule has 1 fully saturated rings. The maximum atomic E-state index is 13.2. The third kappa shape index (κ3) is 4.16. The molecule has 0 aliphatic heterocycles. The minimum atomic E-state index is -4.39. The van der Waals surface area contributed by atoms with Crippen LogP contribution in [0.4, 0.5) is 13.2 Å². The highest BCUT2D eigenvalue weighted by molar-refractivity contribution is 5.84. The molecule has 0 N–H and O–H groups in total. The van der Waals surface area contributed by atoms with E-state index >= 15 is 0 Å². The Kier molecular flexibility index (Phi) is 4.76. The van der Waals surface area contributed by atoms with Crippen LogP contribution in [0.1, 0.15) is 34.6 Å². The van der Waals surface area contributed by atoms with Gasteiger partial charge in [0.25, 0.3) is 5.82 Å². The number of methoxy groups -OCH3 is 1. The molecule has 3 rings (SSSR count). The van der Waals surface area contributed by atoms with Crippen molar-refractivity contribution in [1.82, 2.24) is 19.7 Å². The second-order valence-electron chi connectivity index (χ2n) is 5.87. The molecule has 0 radical (unpaired) electrons. The summed E-state index contributed by atoms with van der Waals surface area (Å²) in [5, 5.41) is 4.01. The van der Waals surface area contributed by atoms with Crippen molar-refractivity contribution in [2.75, 3.05) is 7.11 Å². The summed E-state index contributed by atoms with van der Waals surface area (Å²) in [7, 11) is 1.23. The number of hydrogen-bond donors (Lipinski definition) is 0. The minimum Gasteiger partial charge on any atom is -0.463 e. The molecule has 9 heteroatoms. The largest absolute Gasteiger partial charge is 0.463 e. The Hall–Kier alpha value is -2.42. The first kappa shape index (κ1) is 17.4. The van der Waals surface area contributed by atoms with E-state index in [1.807, 2.05) is 4.90 Å². The van der Waals surface area contributed by atoms with E-state index in [4.69, 9.17) is 0 Å². The van der Waals surface area contributed by atoms with Crippen LogP contribution in [0.3, 0.4) is 0 Å². The predicted octanol–water partition coefficient (Wildman–Crippen LogP) is 2.71. The van der Waals surface area contributed by atoms with Crippen LogP contribution >= 0.6 is 0 Å². The first-order valence-electron chi connectivity index (χ1n) is 7.75. The maximum Gasteiger partial charge on any atom is 0.416 e. The van der Waals surface area contributed by atoms with E-state index < -0.39 is 17.7 Å². The van der Waals surface area contributed by atoms with Crippen molar-refractivity contribution in [2.45, 2.75) is 38.3 Å². The zero-order chi connectivity index (χ0) is 18.0. The number of halogens is 3. The molecule has 1 aromatic carbocycles.